The summed E-state index contributed by atoms with van der Waals surface area (Å²) in [4.78, 5) is 4.39. The lowest BCUT2D eigenvalue weighted by Gasteiger charge is -2.10. The Balaban J connectivity index is 1.83. The monoisotopic (exact) mass is 350 g/mol. The van der Waals surface area contributed by atoms with Gasteiger partial charge in [-0.2, -0.15) is 0 Å². The second-order valence-electron chi connectivity index (χ2n) is 4.57. The van der Waals surface area contributed by atoms with Crippen molar-refractivity contribution in [2.45, 2.75) is 13.0 Å². The summed E-state index contributed by atoms with van der Waals surface area (Å²) in [5.74, 6) is 1.52. The summed E-state index contributed by atoms with van der Waals surface area (Å²) in [6.45, 7) is 1.64. The van der Waals surface area contributed by atoms with Gasteiger partial charge < -0.3 is 14.8 Å². The summed E-state index contributed by atoms with van der Waals surface area (Å²) in [5.41, 5.74) is 2.24. The van der Waals surface area contributed by atoms with Gasteiger partial charge in [-0.1, -0.05) is 12.1 Å². The summed E-state index contributed by atoms with van der Waals surface area (Å²) in [6, 6.07) is 11.9. The molecule has 0 aliphatic heterocycles. The zero-order valence-electron chi connectivity index (χ0n) is 12.2. The molecule has 5 heteroatoms. The minimum Gasteiger partial charge on any atom is -0.493 e. The van der Waals surface area contributed by atoms with E-state index in [-0.39, 0.29) is 0 Å². The maximum absolute atomic E-state index is 5.31. The van der Waals surface area contributed by atoms with Crippen molar-refractivity contribution >= 4 is 15.9 Å². The fourth-order valence-electron chi connectivity index (χ4n) is 2.03. The summed E-state index contributed by atoms with van der Waals surface area (Å²) in [5, 5.41) is 3.39. The van der Waals surface area contributed by atoms with E-state index in [0.29, 0.717) is 0 Å². The maximum Gasteiger partial charge on any atom is 0.160 e. The molecule has 112 valence electrons. The molecule has 1 aromatic carbocycles. The summed E-state index contributed by atoms with van der Waals surface area (Å²) in [7, 11) is 3.29. The van der Waals surface area contributed by atoms with E-state index >= 15 is 0 Å². The molecule has 0 aliphatic rings. The molecule has 2 rings (SSSR count). The minimum atomic E-state index is 0.757. The van der Waals surface area contributed by atoms with Crippen LogP contribution in [0.4, 0.5) is 0 Å². The predicted molar refractivity (Wildman–Crippen MR) is 86.9 cm³/mol. The first kappa shape index (κ1) is 15.8. The summed E-state index contributed by atoms with van der Waals surface area (Å²) < 4.78 is 11.4. The van der Waals surface area contributed by atoms with Crippen molar-refractivity contribution in [3.05, 3.63) is 52.3 Å². The Bertz CT molecular complexity index is 590. The number of methoxy groups -OCH3 is 2. The molecule has 4 nitrogen and oxygen atoms in total. The molecule has 0 atom stereocenters. The van der Waals surface area contributed by atoms with Gasteiger partial charge in [0, 0.05) is 6.54 Å². The lowest BCUT2D eigenvalue weighted by Crippen LogP contribution is -2.17. The number of nitrogens with zero attached hydrogens (tertiary/aromatic N) is 1. The van der Waals surface area contributed by atoms with Gasteiger partial charge in [0.15, 0.2) is 11.5 Å². The van der Waals surface area contributed by atoms with E-state index in [4.69, 9.17) is 9.47 Å². The van der Waals surface area contributed by atoms with E-state index in [0.717, 1.165) is 41.3 Å². The quantitative estimate of drug-likeness (QED) is 0.615. The van der Waals surface area contributed by atoms with E-state index < -0.39 is 0 Å². The third-order valence-corrected chi connectivity index (χ3v) is 3.56. The molecule has 2 aromatic rings. The molecule has 0 saturated heterocycles. The highest BCUT2D eigenvalue weighted by Gasteiger charge is 2.04. The third-order valence-electron chi connectivity index (χ3n) is 3.12. The Kier molecular flexibility index (Phi) is 6.02. The molecule has 0 saturated carbocycles. The van der Waals surface area contributed by atoms with Crippen LogP contribution in [-0.4, -0.2) is 25.7 Å². The van der Waals surface area contributed by atoms with Crippen LogP contribution in [0.1, 0.15) is 11.3 Å². The van der Waals surface area contributed by atoms with E-state index in [9.17, 15) is 0 Å². The van der Waals surface area contributed by atoms with Crippen LogP contribution in [0, 0.1) is 0 Å². The molecule has 1 heterocycles. The highest BCUT2D eigenvalue weighted by Crippen LogP contribution is 2.27. The lowest BCUT2D eigenvalue weighted by atomic mass is 10.1. The minimum absolute atomic E-state index is 0.757. The fourth-order valence-corrected chi connectivity index (χ4v) is 2.41. The van der Waals surface area contributed by atoms with Gasteiger partial charge >= 0.3 is 0 Å². The van der Waals surface area contributed by atoms with Gasteiger partial charge in [0.05, 0.1) is 19.9 Å². The zero-order valence-corrected chi connectivity index (χ0v) is 13.8. The summed E-state index contributed by atoms with van der Waals surface area (Å²) >= 11 is 3.37. The molecular weight excluding hydrogens is 332 g/mol. The van der Waals surface area contributed by atoms with Crippen molar-refractivity contribution in [1.29, 1.82) is 0 Å². The average Bonchev–Trinajstić information content (AvgIpc) is 2.51. The van der Waals surface area contributed by atoms with Gasteiger partial charge in [0.25, 0.3) is 0 Å². The van der Waals surface area contributed by atoms with Gasteiger partial charge in [-0.25, -0.2) is 4.98 Å². The number of nitrogens with one attached hydrogen (secondary N) is 1. The van der Waals surface area contributed by atoms with E-state index in [1.807, 2.05) is 30.3 Å². The van der Waals surface area contributed by atoms with Crippen LogP contribution in [0.15, 0.2) is 41.0 Å². The normalized spacial score (nSPS) is 10.4. The van der Waals surface area contributed by atoms with Crippen LogP contribution in [0.25, 0.3) is 0 Å². The molecule has 1 N–H and O–H groups in total. The van der Waals surface area contributed by atoms with Crippen molar-refractivity contribution in [2.75, 3.05) is 20.8 Å². The zero-order chi connectivity index (χ0) is 15.1. The fraction of sp³-hybridized carbons (Fsp3) is 0.312. The van der Waals surface area contributed by atoms with Crippen molar-refractivity contribution < 1.29 is 9.47 Å². The Morgan fingerprint density at radius 2 is 1.90 bits per heavy atom. The average molecular weight is 351 g/mol. The SMILES string of the molecule is COc1ccc(CCNCc2cccc(Br)n2)cc1OC. The molecule has 0 spiro atoms. The van der Waals surface area contributed by atoms with Crippen LogP contribution in [0.5, 0.6) is 11.5 Å². The van der Waals surface area contributed by atoms with Gasteiger partial charge in [0.2, 0.25) is 0 Å². The molecular formula is C16H19BrN2O2. The number of hydrogen-bond acceptors (Lipinski definition) is 4. The van der Waals surface area contributed by atoms with Gasteiger partial charge in [-0.15, -0.1) is 0 Å². The third kappa shape index (κ3) is 4.72. The number of hydrogen-bond donors (Lipinski definition) is 1. The lowest BCUT2D eigenvalue weighted by molar-refractivity contribution is 0.354. The molecule has 0 aliphatic carbocycles. The van der Waals surface area contributed by atoms with Crippen LogP contribution in [0.2, 0.25) is 0 Å². The van der Waals surface area contributed by atoms with Gasteiger partial charge in [-0.3, -0.25) is 0 Å². The first-order valence-corrected chi connectivity index (χ1v) is 7.55. The largest absolute Gasteiger partial charge is 0.493 e. The first-order chi connectivity index (χ1) is 10.2. The van der Waals surface area contributed by atoms with Crippen molar-refractivity contribution in [3.63, 3.8) is 0 Å². The van der Waals surface area contributed by atoms with Crippen molar-refractivity contribution in [2.24, 2.45) is 0 Å². The Morgan fingerprint density at radius 3 is 2.62 bits per heavy atom. The molecule has 0 bridgehead atoms. The van der Waals surface area contributed by atoms with Crippen LogP contribution in [-0.2, 0) is 13.0 Å². The number of rotatable bonds is 7. The predicted octanol–water partition coefficient (Wildman–Crippen LogP) is 3.19. The molecule has 0 amide bonds. The van der Waals surface area contributed by atoms with Gasteiger partial charge in [0.1, 0.15) is 4.60 Å². The van der Waals surface area contributed by atoms with Crippen molar-refractivity contribution in [3.8, 4) is 11.5 Å². The number of benzene rings is 1. The Labute approximate surface area is 133 Å². The highest BCUT2D eigenvalue weighted by molar-refractivity contribution is 9.10. The second-order valence-corrected chi connectivity index (χ2v) is 5.38. The number of aromatic nitrogens is 1. The highest BCUT2D eigenvalue weighted by atomic mass is 79.9. The number of halogens is 1. The first-order valence-electron chi connectivity index (χ1n) is 6.76. The topological polar surface area (TPSA) is 43.4 Å². The van der Waals surface area contributed by atoms with Crippen LogP contribution >= 0.6 is 15.9 Å². The van der Waals surface area contributed by atoms with Crippen LogP contribution < -0.4 is 14.8 Å². The Hall–Kier alpha value is -1.59. The standard InChI is InChI=1S/C16H19BrN2O2/c1-20-14-7-6-12(10-15(14)21-2)8-9-18-11-13-4-3-5-16(17)19-13/h3-7,10,18H,8-9,11H2,1-2H3. The summed E-state index contributed by atoms with van der Waals surface area (Å²) in [6.07, 6.45) is 0.925. The second kappa shape index (κ2) is 8.00. The number of ether oxygens (including phenoxy) is 2. The molecule has 1 aromatic heterocycles. The van der Waals surface area contributed by atoms with Crippen molar-refractivity contribution in [1.82, 2.24) is 10.3 Å². The molecule has 0 fully saturated rings. The van der Waals surface area contributed by atoms with E-state index in [1.165, 1.54) is 5.56 Å². The smallest absolute Gasteiger partial charge is 0.160 e. The molecule has 0 unspecified atom stereocenters. The van der Waals surface area contributed by atoms with Crippen LogP contribution in [0.3, 0.4) is 0 Å². The van der Waals surface area contributed by atoms with Gasteiger partial charge in [-0.05, 0) is 58.7 Å². The van der Waals surface area contributed by atoms with E-state index in [2.05, 4.69) is 32.3 Å². The van der Waals surface area contributed by atoms with E-state index in [1.54, 1.807) is 14.2 Å². The maximum atomic E-state index is 5.31. The molecule has 0 radical (unpaired) electrons. The number of pyridine rings is 1. The molecule has 21 heavy (non-hydrogen) atoms. The Morgan fingerprint density at radius 1 is 1.10 bits per heavy atom.